The summed E-state index contributed by atoms with van der Waals surface area (Å²) in [5.41, 5.74) is 1.30. The van der Waals surface area contributed by atoms with Crippen molar-refractivity contribution in [2.45, 2.75) is 49.5 Å². The Hall–Kier alpha value is -1.73. The fourth-order valence-electron chi connectivity index (χ4n) is 3.49. The molecule has 7 heteroatoms. The van der Waals surface area contributed by atoms with Crippen LogP contribution < -0.4 is 0 Å². The number of aromatic nitrogens is 1. The molecule has 0 spiro atoms. The number of amides is 1. The van der Waals surface area contributed by atoms with Gasteiger partial charge in [0.25, 0.3) is 15.9 Å². The zero-order valence-corrected chi connectivity index (χ0v) is 14.8. The van der Waals surface area contributed by atoms with Crippen LogP contribution in [0, 0.1) is 0 Å². The zero-order valence-electron chi connectivity index (χ0n) is 13.1. The maximum Gasteiger partial charge on any atom is 0.269 e. The van der Waals surface area contributed by atoms with Gasteiger partial charge in [0.2, 0.25) is 0 Å². The molecular formula is C17H18N2O3S2. The van der Waals surface area contributed by atoms with Gasteiger partial charge in [0.1, 0.15) is 9.90 Å². The number of benzene rings is 1. The van der Waals surface area contributed by atoms with Crippen LogP contribution >= 0.6 is 11.3 Å². The summed E-state index contributed by atoms with van der Waals surface area (Å²) >= 11 is 1.44. The molecule has 0 saturated heterocycles. The van der Waals surface area contributed by atoms with E-state index in [1.807, 2.05) is 5.38 Å². The molecule has 1 fully saturated rings. The average molecular weight is 362 g/mol. The Labute approximate surface area is 145 Å². The summed E-state index contributed by atoms with van der Waals surface area (Å²) in [4.78, 5) is 17.2. The molecule has 2 aliphatic rings. The summed E-state index contributed by atoms with van der Waals surface area (Å²) in [5.74, 6) is 0.0202. The van der Waals surface area contributed by atoms with Gasteiger partial charge in [-0.15, -0.1) is 11.3 Å². The highest BCUT2D eigenvalue weighted by Gasteiger charge is 2.41. The number of hydrogen-bond donors (Lipinski definition) is 0. The second-order valence-corrected chi connectivity index (χ2v) is 9.09. The van der Waals surface area contributed by atoms with E-state index in [1.54, 1.807) is 18.2 Å². The lowest BCUT2D eigenvalue weighted by Gasteiger charge is -2.19. The number of hydrogen-bond acceptors (Lipinski definition) is 5. The number of thiazole rings is 1. The highest BCUT2D eigenvalue weighted by atomic mass is 32.2. The van der Waals surface area contributed by atoms with E-state index in [0.29, 0.717) is 10.9 Å². The van der Waals surface area contributed by atoms with E-state index in [1.165, 1.54) is 36.7 Å². The molecule has 0 bridgehead atoms. The first-order valence-electron chi connectivity index (χ1n) is 8.18. The third-order valence-corrected chi connectivity index (χ3v) is 7.42. The van der Waals surface area contributed by atoms with Crippen LogP contribution in [0.2, 0.25) is 0 Å². The molecule has 4 rings (SSSR count). The van der Waals surface area contributed by atoms with Crippen molar-refractivity contribution in [2.24, 2.45) is 0 Å². The molecule has 126 valence electrons. The minimum absolute atomic E-state index is 0.0211. The van der Waals surface area contributed by atoms with Gasteiger partial charge in [-0.05, 0) is 25.0 Å². The lowest BCUT2D eigenvalue weighted by molar-refractivity contribution is 0.0865. The Balaban J connectivity index is 1.58. The van der Waals surface area contributed by atoms with Gasteiger partial charge in [-0.3, -0.25) is 4.79 Å². The van der Waals surface area contributed by atoms with Crippen molar-refractivity contribution >= 4 is 27.3 Å². The summed E-state index contributed by atoms with van der Waals surface area (Å²) in [5, 5.41) is 2.70. The van der Waals surface area contributed by atoms with Gasteiger partial charge in [0.15, 0.2) is 0 Å². The first kappa shape index (κ1) is 15.8. The fraction of sp³-hybridized carbons (Fsp3) is 0.412. The number of fused-ring (bicyclic) bond motifs is 1. The van der Waals surface area contributed by atoms with Crippen LogP contribution in [0.15, 0.2) is 34.5 Å². The molecule has 1 aromatic heterocycles. The third kappa shape index (κ3) is 2.56. The molecule has 5 nitrogen and oxygen atoms in total. The molecule has 0 atom stereocenters. The smallest absolute Gasteiger partial charge is 0.268 e. The second-order valence-electron chi connectivity index (χ2n) is 6.31. The predicted octanol–water partition coefficient (Wildman–Crippen LogP) is 3.54. The molecule has 1 aliphatic carbocycles. The van der Waals surface area contributed by atoms with Crippen molar-refractivity contribution in [3.63, 3.8) is 0 Å². The monoisotopic (exact) mass is 362 g/mol. The molecule has 1 saturated carbocycles. The minimum atomic E-state index is -3.76. The van der Waals surface area contributed by atoms with Gasteiger partial charge >= 0.3 is 0 Å². The van der Waals surface area contributed by atoms with Crippen molar-refractivity contribution in [1.82, 2.24) is 9.29 Å². The molecule has 1 amide bonds. The Morgan fingerprint density at radius 1 is 1.17 bits per heavy atom. The Morgan fingerprint density at radius 3 is 2.67 bits per heavy atom. The first-order valence-corrected chi connectivity index (χ1v) is 10.5. The van der Waals surface area contributed by atoms with Gasteiger partial charge in [0.05, 0.1) is 17.8 Å². The summed E-state index contributed by atoms with van der Waals surface area (Å²) in [6, 6.07) is 6.36. The summed E-state index contributed by atoms with van der Waals surface area (Å²) in [6.07, 6.45) is 6.04. The van der Waals surface area contributed by atoms with Gasteiger partial charge in [-0.25, -0.2) is 17.7 Å². The Morgan fingerprint density at radius 2 is 1.92 bits per heavy atom. The van der Waals surface area contributed by atoms with Crippen LogP contribution in [0.25, 0.3) is 0 Å². The van der Waals surface area contributed by atoms with Crippen molar-refractivity contribution in [2.75, 3.05) is 0 Å². The highest BCUT2D eigenvalue weighted by molar-refractivity contribution is 7.90. The summed E-state index contributed by atoms with van der Waals surface area (Å²) < 4.78 is 26.1. The van der Waals surface area contributed by atoms with E-state index in [0.717, 1.165) is 22.8 Å². The van der Waals surface area contributed by atoms with E-state index in [2.05, 4.69) is 4.98 Å². The SMILES string of the molecule is O=C1c2ccccc2S(=O)(=O)N1Cc1nc(C2CCCCC2)cs1. The topological polar surface area (TPSA) is 67.3 Å². The average Bonchev–Trinajstić information content (AvgIpc) is 3.14. The van der Waals surface area contributed by atoms with Crippen LogP contribution in [0.5, 0.6) is 0 Å². The fourth-order valence-corrected chi connectivity index (χ4v) is 5.97. The largest absolute Gasteiger partial charge is 0.269 e. The number of nitrogens with zero attached hydrogens (tertiary/aromatic N) is 2. The van der Waals surface area contributed by atoms with E-state index in [4.69, 9.17) is 0 Å². The molecule has 24 heavy (non-hydrogen) atoms. The molecular weight excluding hydrogens is 344 g/mol. The predicted molar refractivity (Wildman–Crippen MR) is 91.4 cm³/mol. The molecule has 0 unspecified atom stereocenters. The van der Waals surface area contributed by atoms with Crippen LogP contribution in [-0.2, 0) is 16.6 Å². The first-order chi connectivity index (χ1) is 11.6. The normalized spacial score (nSPS) is 20.3. The molecule has 1 aromatic carbocycles. The van der Waals surface area contributed by atoms with Gasteiger partial charge in [0, 0.05) is 11.3 Å². The number of rotatable bonds is 3. The van der Waals surface area contributed by atoms with Crippen molar-refractivity contribution in [3.8, 4) is 0 Å². The van der Waals surface area contributed by atoms with Crippen LogP contribution in [0.1, 0.15) is 59.1 Å². The van der Waals surface area contributed by atoms with Crippen molar-refractivity contribution in [3.05, 3.63) is 45.9 Å². The Bertz CT molecular complexity index is 883. The summed E-state index contributed by atoms with van der Waals surface area (Å²) in [6.45, 7) is 0.0211. The zero-order chi connectivity index (χ0) is 16.7. The molecule has 2 heterocycles. The maximum atomic E-state index is 12.6. The molecule has 0 radical (unpaired) electrons. The van der Waals surface area contributed by atoms with E-state index in [-0.39, 0.29) is 17.0 Å². The van der Waals surface area contributed by atoms with E-state index >= 15 is 0 Å². The quantitative estimate of drug-likeness (QED) is 0.838. The van der Waals surface area contributed by atoms with Crippen LogP contribution in [0.3, 0.4) is 0 Å². The van der Waals surface area contributed by atoms with E-state index in [9.17, 15) is 13.2 Å². The maximum absolute atomic E-state index is 12.6. The lowest BCUT2D eigenvalue weighted by atomic mass is 9.87. The van der Waals surface area contributed by atoms with Crippen molar-refractivity contribution < 1.29 is 13.2 Å². The van der Waals surface area contributed by atoms with Gasteiger partial charge < -0.3 is 0 Å². The minimum Gasteiger partial charge on any atom is -0.268 e. The van der Waals surface area contributed by atoms with E-state index < -0.39 is 15.9 Å². The van der Waals surface area contributed by atoms with Crippen molar-refractivity contribution in [1.29, 1.82) is 0 Å². The summed E-state index contributed by atoms with van der Waals surface area (Å²) in [7, 11) is -3.76. The molecule has 0 N–H and O–H groups in total. The third-order valence-electron chi connectivity index (χ3n) is 4.78. The lowest BCUT2D eigenvalue weighted by Crippen LogP contribution is -2.29. The standard InChI is InChI=1S/C17H18N2O3S2/c20-17-13-8-4-5-9-15(13)24(21,22)19(17)10-16-18-14(11-23-16)12-6-2-1-3-7-12/h4-5,8-9,11-12H,1-3,6-7,10H2. The van der Waals surface area contributed by atoms with Crippen LogP contribution in [-0.4, -0.2) is 23.6 Å². The Kier molecular flexibility index (Phi) is 3.92. The molecule has 2 aromatic rings. The number of sulfonamides is 1. The van der Waals surface area contributed by atoms with Gasteiger partial charge in [-0.1, -0.05) is 31.4 Å². The highest BCUT2D eigenvalue weighted by Crippen LogP contribution is 2.35. The van der Waals surface area contributed by atoms with Gasteiger partial charge in [-0.2, -0.15) is 0 Å². The second kappa shape index (κ2) is 5.97. The van der Waals surface area contributed by atoms with Crippen LogP contribution in [0.4, 0.5) is 0 Å². The number of carbonyl (C=O) groups excluding carboxylic acids is 1. The molecule has 1 aliphatic heterocycles. The number of carbonyl (C=O) groups is 1.